The van der Waals surface area contributed by atoms with Gasteiger partial charge in [0, 0.05) is 0 Å². The molecule has 1 aromatic carbocycles. The molecular formula is C12H12O5. The molecule has 0 spiro atoms. The predicted molar refractivity (Wildman–Crippen MR) is 60.7 cm³/mol. The molecule has 0 aliphatic carbocycles. The molecule has 2 aromatic rings. The van der Waals surface area contributed by atoms with Gasteiger partial charge in [-0.25, -0.2) is 4.79 Å². The Morgan fingerprint density at radius 3 is 2.53 bits per heavy atom. The third-order valence-electron chi connectivity index (χ3n) is 2.42. The summed E-state index contributed by atoms with van der Waals surface area (Å²) in [7, 11) is 4.32. The first-order valence-corrected chi connectivity index (χ1v) is 4.94. The maximum atomic E-state index is 11.5. The van der Waals surface area contributed by atoms with E-state index in [1.807, 2.05) is 0 Å². The number of esters is 1. The number of methoxy groups -OCH3 is 3. The molecule has 0 N–H and O–H groups in total. The van der Waals surface area contributed by atoms with Crippen LogP contribution in [0.3, 0.4) is 0 Å². The Morgan fingerprint density at radius 2 is 1.94 bits per heavy atom. The van der Waals surface area contributed by atoms with E-state index in [9.17, 15) is 4.79 Å². The third-order valence-corrected chi connectivity index (χ3v) is 2.42. The lowest BCUT2D eigenvalue weighted by Crippen LogP contribution is -2.01. The first kappa shape index (κ1) is 11.3. The number of benzene rings is 1. The molecule has 0 amide bonds. The third kappa shape index (κ3) is 1.80. The molecule has 0 fully saturated rings. The summed E-state index contributed by atoms with van der Waals surface area (Å²) in [6.07, 6.45) is 0. The fraction of sp³-hybridized carbons (Fsp3) is 0.250. The molecule has 5 nitrogen and oxygen atoms in total. The highest BCUT2D eigenvalue weighted by atomic mass is 16.5. The number of hydrogen-bond donors (Lipinski definition) is 0. The average molecular weight is 236 g/mol. The second-order valence-electron chi connectivity index (χ2n) is 3.32. The molecule has 1 heterocycles. The van der Waals surface area contributed by atoms with Crippen LogP contribution in [-0.2, 0) is 4.74 Å². The van der Waals surface area contributed by atoms with Crippen LogP contribution in [0.4, 0.5) is 0 Å². The topological polar surface area (TPSA) is 57.9 Å². The van der Waals surface area contributed by atoms with Crippen LogP contribution in [0, 0.1) is 0 Å². The Hall–Kier alpha value is -2.17. The maximum absolute atomic E-state index is 11.5. The van der Waals surface area contributed by atoms with Crippen molar-refractivity contribution >= 4 is 16.9 Å². The molecule has 17 heavy (non-hydrogen) atoms. The van der Waals surface area contributed by atoms with Crippen LogP contribution in [0.2, 0.25) is 0 Å². The molecule has 0 saturated heterocycles. The normalized spacial score (nSPS) is 10.3. The van der Waals surface area contributed by atoms with Gasteiger partial charge in [-0.2, -0.15) is 0 Å². The van der Waals surface area contributed by atoms with E-state index in [4.69, 9.17) is 13.9 Å². The van der Waals surface area contributed by atoms with Crippen molar-refractivity contribution in [2.75, 3.05) is 21.3 Å². The summed E-state index contributed by atoms with van der Waals surface area (Å²) in [5.74, 6) is 0.494. The van der Waals surface area contributed by atoms with E-state index in [0.717, 1.165) is 0 Å². The lowest BCUT2D eigenvalue weighted by molar-refractivity contribution is 0.0563. The summed E-state index contributed by atoms with van der Waals surface area (Å²) in [5.41, 5.74) is 0.544. The van der Waals surface area contributed by atoms with E-state index < -0.39 is 5.97 Å². The van der Waals surface area contributed by atoms with E-state index >= 15 is 0 Å². The molecule has 0 radical (unpaired) electrons. The van der Waals surface area contributed by atoms with E-state index in [1.165, 1.54) is 14.2 Å². The minimum atomic E-state index is -0.572. The van der Waals surface area contributed by atoms with Crippen molar-refractivity contribution in [2.45, 2.75) is 0 Å². The quantitative estimate of drug-likeness (QED) is 0.765. The number of carbonyl (C=O) groups is 1. The number of furan rings is 1. The van der Waals surface area contributed by atoms with Gasteiger partial charge in [0.05, 0.1) is 26.7 Å². The number of carbonyl (C=O) groups excluding carboxylic acids is 1. The highest BCUT2D eigenvalue weighted by Gasteiger charge is 2.22. The van der Waals surface area contributed by atoms with Crippen LogP contribution >= 0.6 is 0 Å². The Bertz CT molecular complexity index is 555. The largest absolute Gasteiger partial charge is 0.497 e. The molecule has 0 saturated carbocycles. The predicted octanol–water partition coefficient (Wildman–Crippen LogP) is 2.24. The minimum Gasteiger partial charge on any atom is -0.497 e. The molecule has 90 valence electrons. The molecule has 5 heteroatoms. The van der Waals surface area contributed by atoms with Crippen LogP contribution in [0.15, 0.2) is 22.6 Å². The van der Waals surface area contributed by atoms with Crippen molar-refractivity contribution in [1.82, 2.24) is 0 Å². The van der Waals surface area contributed by atoms with Gasteiger partial charge in [-0.3, -0.25) is 0 Å². The van der Waals surface area contributed by atoms with Gasteiger partial charge in [0.15, 0.2) is 5.75 Å². The van der Waals surface area contributed by atoms with Crippen molar-refractivity contribution in [3.63, 3.8) is 0 Å². The Labute approximate surface area is 97.9 Å². The highest BCUT2D eigenvalue weighted by Crippen LogP contribution is 2.35. The van der Waals surface area contributed by atoms with Gasteiger partial charge in [0.25, 0.3) is 5.76 Å². The van der Waals surface area contributed by atoms with Gasteiger partial charge < -0.3 is 18.6 Å². The van der Waals surface area contributed by atoms with Gasteiger partial charge in [-0.05, 0) is 18.2 Å². The first-order chi connectivity index (χ1) is 8.21. The van der Waals surface area contributed by atoms with Crippen LogP contribution < -0.4 is 9.47 Å². The average Bonchev–Trinajstić information content (AvgIpc) is 2.74. The molecule has 0 bridgehead atoms. The Balaban J connectivity index is 2.67. The molecule has 2 rings (SSSR count). The number of rotatable bonds is 3. The molecule has 1 aromatic heterocycles. The fourth-order valence-corrected chi connectivity index (χ4v) is 1.61. The van der Waals surface area contributed by atoms with Crippen LogP contribution in [0.5, 0.6) is 11.5 Å². The monoisotopic (exact) mass is 236 g/mol. The van der Waals surface area contributed by atoms with Crippen molar-refractivity contribution in [2.24, 2.45) is 0 Å². The Morgan fingerprint density at radius 1 is 1.18 bits per heavy atom. The smallest absolute Gasteiger partial charge is 0.377 e. The van der Waals surface area contributed by atoms with Gasteiger partial charge in [-0.15, -0.1) is 0 Å². The van der Waals surface area contributed by atoms with Gasteiger partial charge in [0.1, 0.15) is 11.3 Å². The molecule has 0 aliphatic heterocycles. The summed E-state index contributed by atoms with van der Waals surface area (Å²) < 4.78 is 20.3. The zero-order chi connectivity index (χ0) is 12.4. The van der Waals surface area contributed by atoms with Gasteiger partial charge >= 0.3 is 5.97 Å². The summed E-state index contributed by atoms with van der Waals surface area (Å²) >= 11 is 0. The lowest BCUT2D eigenvalue weighted by atomic mass is 10.2. The van der Waals surface area contributed by atoms with E-state index in [-0.39, 0.29) is 5.76 Å². The summed E-state index contributed by atoms with van der Waals surface area (Å²) in [4.78, 5) is 11.5. The van der Waals surface area contributed by atoms with Gasteiger partial charge in [0.2, 0.25) is 0 Å². The summed E-state index contributed by atoms with van der Waals surface area (Å²) in [6, 6.07) is 5.19. The second-order valence-corrected chi connectivity index (χ2v) is 3.32. The van der Waals surface area contributed by atoms with Crippen molar-refractivity contribution in [1.29, 1.82) is 0 Å². The molecular weight excluding hydrogens is 224 g/mol. The number of ether oxygens (including phenoxy) is 3. The van der Waals surface area contributed by atoms with Gasteiger partial charge in [-0.1, -0.05) is 0 Å². The van der Waals surface area contributed by atoms with E-state index in [1.54, 1.807) is 25.3 Å². The van der Waals surface area contributed by atoms with Crippen LogP contribution in [0.1, 0.15) is 10.6 Å². The van der Waals surface area contributed by atoms with E-state index in [2.05, 4.69) is 4.74 Å². The lowest BCUT2D eigenvalue weighted by Gasteiger charge is -2.00. The molecule has 0 atom stereocenters. The van der Waals surface area contributed by atoms with E-state index in [0.29, 0.717) is 22.5 Å². The SMILES string of the molecule is COC(=O)c1oc2ccc(OC)cc2c1OC. The Kier molecular flexibility index (Phi) is 2.91. The van der Waals surface area contributed by atoms with Crippen molar-refractivity contribution < 1.29 is 23.4 Å². The standard InChI is InChI=1S/C12H12O5/c1-14-7-4-5-9-8(6-7)10(15-2)11(17-9)12(13)16-3/h4-6H,1-3H3. The maximum Gasteiger partial charge on any atom is 0.377 e. The number of fused-ring (bicyclic) bond motifs is 1. The summed E-state index contributed by atoms with van der Waals surface area (Å²) in [5, 5.41) is 0.673. The summed E-state index contributed by atoms with van der Waals surface area (Å²) in [6.45, 7) is 0. The van der Waals surface area contributed by atoms with Crippen molar-refractivity contribution in [3.05, 3.63) is 24.0 Å². The van der Waals surface area contributed by atoms with Crippen molar-refractivity contribution in [3.8, 4) is 11.5 Å². The highest BCUT2D eigenvalue weighted by molar-refractivity contribution is 5.99. The zero-order valence-electron chi connectivity index (χ0n) is 9.77. The fourth-order valence-electron chi connectivity index (χ4n) is 1.61. The van der Waals surface area contributed by atoms with Crippen LogP contribution in [-0.4, -0.2) is 27.3 Å². The molecule has 0 aliphatic rings. The first-order valence-electron chi connectivity index (χ1n) is 4.94. The van der Waals surface area contributed by atoms with Crippen LogP contribution in [0.25, 0.3) is 11.0 Å². The zero-order valence-corrected chi connectivity index (χ0v) is 9.77. The number of hydrogen-bond acceptors (Lipinski definition) is 5. The second kappa shape index (κ2) is 4.37. The minimum absolute atomic E-state index is 0.0539. The molecule has 0 unspecified atom stereocenters.